The van der Waals surface area contributed by atoms with Crippen LogP contribution in [0.25, 0.3) is 0 Å². The smallest absolute Gasteiger partial charge is 0.103 e. The molecule has 0 heterocycles. The fourth-order valence-electron chi connectivity index (χ4n) is 2.28. The minimum absolute atomic E-state index is 0.320. The molecule has 0 atom stereocenters. The van der Waals surface area contributed by atoms with Crippen molar-refractivity contribution in [1.29, 1.82) is 0 Å². The molecule has 5 heteroatoms. The van der Waals surface area contributed by atoms with Crippen molar-refractivity contribution < 1.29 is 0 Å². The van der Waals surface area contributed by atoms with Gasteiger partial charge in [-0.25, -0.2) is 0 Å². The second-order valence-corrected chi connectivity index (χ2v) is 12.5. The molecule has 0 unspecified atom stereocenters. The molecule has 0 spiro atoms. The van der Waals surface area contributed by atoms with Crippen LogP contribution in [-0.4, -0.2) is 6.82 Å². The van der Waals surface area contributed by atoms with Crippen LogP contribution in [0.4, 0.5) is 0 Å². The van der Waals surface area contributed by atoms with E-state index in [1.54, 1.807) is 11.8 Å². The van der Waals surface area contributed by atoms with Crippen LogP contribution < -0.4 is 0 Å². The molecule has 0 aromatic rings. The first-order valence-corrected chi connectivity index (χ1v) is 11.0. The predicted molar refractivity (Wildman–Crippen MR) is 116 cm³/mol. The lowest BCUT2D eigenvalue weighted by Crippen LogP contribution is -2.18. The van der Waals surface area contributed by atoms with Crippen LogP contribution in [0, 0.1) is 0 Å². The van der Waals surface area contributed by atoms with Gasteiger partial charge < -0.3 is 0 Å². The highest BCUT2D eigenvalue weighted by Crippen LogP contribution is 2.51. The lowest BCUT2D eigenvalue weighted by atomic mass is 10.1. The maximum atomic E-state index is 4.71. The van der Waals surface area contributed by atoms with E-state index in [1.807, 2.05) is 0 Å². The number of thiol groups is 4. The van der Waals surface area contributed by atoms with Crippen LogP contribution in [0.5, 0.6) is 0 Å². The summed E-state index contributed by atoms with van der Waals surface area (Å²) in [5, 5.41) is 0. The average molecular weight is 387 g/mol. The SMILES string of the molecule is CCCCCCCC(S)(S)SC(S)(S)CCCCCCC. The molecule has 0 aliphatic rings. The van der Waals surface area contributed by atoms with Crippen molar-refractivity contribution in [2.45, 2.75) is 97.7 Å². The quantitative estimate of drug-likeness (QED) is 0.136. The monoisotopic (exact) mass is 386 g/mol. The second-order valence-electron chi connectivity index (χ2n) is 5.92. The van der Waals surface area contributed by atoms with Gasteiger partial charge in [-0.1, -0.05) is 78.1 Å². The molecule has 0 saturated heterocycles. The summed E-state index contributed by atoms with van der Waals surface area (Å²) < 4.78 is -0.641. The summed E-state index contributed by atoms with van der Waals surface area (Å²) in [7, 11) is 0. The van der Waals surface area contributed by atoms with E-state index in [1.165, 1.54) is 64.2 Å². The fraction of sp³-hybridized carbons (Fsp3) is 1.00. The zero-order valence-corrected chi connectivity index (χ0v) is 18.1. The van der Waals surface area contributed by atoms with Crippen LogP contribution in [0.3, 0.4) is 0 Å². The third kappa shape index (κ3) is 15.0. The van der Waals surface area contributed by atoms with Crippen molar-refractivity contribution in [3.63, 3.8) is 0 Å². The van der Waals surface area contributed by atoms with Crippen molar-refractivity contribution >= 4 is 62.3 Å². The van der Waals surface area contributed by atoms with E-state index >= 15 is 0 Å². The Morgan fingerprint density at radius 3 is 1.24 bits per heavy atom. The third-order valence-electron chi connectivity index (χ3n) is 3.54. The lowest BCUT2D eigenvalue weighted by molar-refractivity contribution is 0.612. The Kier molecular flexibility index (Phi) is 14.2. The maximum Gasteiger partial charge on any atom is 0.103 e. The van der Waals surface area contributed by atoms with Crippen LogP contribution in [0.2, 0.25) is 0 Å². The molecule has 128 valence electrons. The molecule has 21 heavy (non-hydrogen) atoms. The van der Waals surface area contributed by atoms with Crippen LogP contribution >= 0.6 is 62.3 Å². The van der Waals surface area contributed by atoms with E-state index in [2.05, 4.69) is 13.8 Å². The highest BCUT2D eigenvalue weighted by molar-refractivity contribution is 8.33. The zero-order valence-electron chi connectivity index (χ0n) is 13.7. The van der Waals surface area contributed by atoms with Gasteiger partial charge in [0.25, 0.3) is 0 Å². The first-order chi connectivity index (χ1) is 9.83. The number of thioether (sulfide) groups is 1. The summed E-state index contributed by atoms with van der Waals surface area (Å²) in [5.74, 6) is 0. The van der Waals surface area contributed by atoms with E-state index in [9.17, 15) is 0 Å². The van der Waals surface area contributed by atoms with Gasteiger partial charge in [0.1, 0.15) is 6.82 Å². The number of hydrogen-bond donors (Lipinski definition) is 4. The Hall–Kier alpha value is 1.75. The van der Waals surface area contributed by atoms with Crippen molar-refractivity contribution in [2.24, 2.45) is 0 Å². The molecule has 0 bridgehead atoms. The lowest BCUT2D eigenvalue weighted by Gasteiger charge is -2.31. The van der Waals surface area contributed by atoms with Gasteiger partial charge >= 0.3 is 0 Å². The summed E-state index contributed by atoms with van der Waals surface area (Å²) in [6.45, 7) is 4.49. The molecule has 0 radical (unpaired) electrons. The van der Waals surface area contributed by atoms with Gasteiger partial charge in [0.2, 0.25) is 0 Å². The largest absolute Gasteiger partial charge is 0.151 e. The van der Waals surface area contributed by atoms with Gasteiger partial charge in [-0.15, -0.1) is 11.8 Å². The molecule has 0 rings (SSSR count). The highest BCUT2D eigenvalue weighted by atomic mass is 32.3. The number of unbranched alkanes of at least 4 members (excludes halogenated alkanes) is 8. The molecule has 0 aromatic heterocycles. The molecular weight excluding hydrogens is 353 g/mol. The van der Waals surface area contributed by atoms with Gasteiger partial charge in [0, 0.05) is 0 Å². The third-order valence-corrected chi connectivity index (χ3v) is 6.59. The zero-order chi connectivity index (χ0) is 16.2. The first-order valence-electron chi connectivity index (χ1n) is 8.42. The van der Waals surface area contributed by atoms with E-state index in [4.69, 9.17) is 50.5 Å². The van der Waals surface area contributed by atoms with Crippen molar-refractivity contribution in [3.8, 4) is 0 Å². The van der Waals surface area contributed by atoms with Crippen LogP contribution in [0.1, 0.15) is 90.9 Å². The summed E-state index contributed by atoms with van der Waals surface area (Å²) in [6, 6.07) is 0. The molecule has 0 aliphatic carbocycles. The van der Waals surface area contributed by atoms with E-state index < -0.39 is 0 Å². The molecule has 0 nitrogen and oxygen atoms in total. The van der Waals surface area contributed by atoms with Crippen molar-refractivity contribution in [1.82, 2.24) is 0 Å². The molecule has 0 fully saturated rings. The average Bonchev–Trinajstić information content (AvgIpc) is 2.36. The topological polar surface area (TPSA) is 0 Å². The Labute approximate surface area is 159 Å². The van der Waals surface area contributed by atoms with Gasteiger partial charge in [0.15, 0.2) is 0 Å². The van der Waals surface area contributed by atoms with E-state index in [0.717, 1.165) is 12.8 Å². The minimum Gasteiger partial charge on any atom is -0.151 e. The van der Waals surface area contributed by atoms with E-state index in [-0.39, 0.29) is 6.82 Å². The Balaban J connectivity index is 3.87. The Bertz CT molecular complexity index is 217. The van der Waals surface area contributed by atoms with Crippen LogP contribution in [-0.2, 0) is 0 Å². The minimum atomic E-state index is -0.320. The molecule has 0 amide bonds. The Morgan fingerprint density at radius 1 is 0.571 bits per heavy atom. The fourth-order valence-corrected chi connectivity index (χ4v) is 6.66. The molecular formula is C16H34S5. The summed E-state index contributed by atoms with van der Waals surface area (Å²) in [4.78, 5) is 0. The maximum absolute atomic E-state index is 4.71. The summed E-state index contributed by atoms with van der Waals surface area (Å²) in [5.41, 5.74) is 0. The van der Waals surface area contributed by atoms with E-state index in [0.29, 0.717) is 0 Å². The first kappa shape index (κ1) is 22.8. The highest BCUT2D eigenvalue weighted by Gasteiger charge is 2.32. The number of hydrogen-bond acceptors (Lipinski definition) is 5. The Morgan fingerprint density at radius 2 is 0.905 bits per heavy atom. The standard InChI is InChI=1S/C16H34S5/c1-3-5-7-9-11-13-15(17,18)21-16(19,20)14-12-10-8-6-4-2/h17-20H,3-14H2,1-2H3. The number of rotatable bonds is 14. The molecule has 0 aliphatic heterocycles. The second kappa shape index (κ2) is 13.1. The molecule has 0 aromatic carbocycles. The summed E-state index contributed by atoms with van der Waals surface area (Å²) in [6.07, 6.45) is 14.8. The van der Waals surface area contributed by atoms with Crippen molar-refractivity contribution in [2.75, 3.05) is 0 Å². The van der Waals surface area contributed by atoms with Gasteiger partial charge in [-0.3, -0.25) is 0 Å². The predicted octanol–water partition coefficient (Wildman–Crippen LogP) is 7.47. The molecule has 0 N–H and O–H groups in total. The normalized spacial score (nSPS) is 12.9. The van der Waals surface area contributed by atoms with Gasteiger partial charge in [-0.05, 0) is 12.8 Å². The molecule has 0 saturated carbocycles. The summed E-state index contributed by atoms with van der Waals surface area (Å²) >= 11 is 20.5. The van der Waals surface area contributed by atoms with Gasteiger partial charge in [-0.2, -0.15) is 50.5 Å². The van der Waals surface area contributed by atoms with Crippen molar-refractivity contribution in [3.05, 3.63) is 0 Å². The van der Waals surface area contributed by atoms with Crippen LogP contribution in [0.15, 0.2) is 0 Å². The van der Waals surface area contributed by atoms with Gasteiger partial charge in [0.05, 0.1) is 0 Å².